The largest absolute Gasteiger partial charge is 0.393 e. The van der Waals surface area contributed by atoms with Crippen molar-refractivity contribution in [2.24, 2.45) is 0 Å². The summed E-state index contributed by atoms with van der Waals surface area (Å²) in [5.74, 6) is 0.0312. The highest BCUT2D eigenvalue weighted by Crippen LogP contribution is 2.25. The van der Waals surface area contributed by atoms with E-state index in [-0.39, 0.29) is 18.1 Å². The molecule has 4 nitrogen and oxygen atoms in total. The summed E-state index contributed by atoms with van der Waals surface area (Å²) in [5.41, 5.74) is 1.09. The number of thiophene rings is 1. The molecule has 122 valence electrons. The number of piperidine rings is 1. The van der Waals surface area contributed by atoms with Crippen molar-refractivity contribution in [3.63, 3.8) is 0 Å². The van der Waals surface area contributed by atoms with E-state index < -0.39 is 0 Å². The van der Waals surface area contributed by atoms with Crippen LogP contribution < -0.4 is 5.32 Å². The Hall–Kier alpha value is -1.69. The molecule has 0 aliphatic carbocycles. The molecule has 23 heavy (non-hydrogen) atoms. The molecule has 1 fully saturated rings. The molecule has 0 unspecified atom stereocenters. The molecule has 1 saturated heterocycles. The van der Waals surface area contributed by atoms with Crippen LogP contribution in [0.2, 0.25) is 0 Å². The normalized spacial score (nSPS) is 17.8. The van der Waals surface area contributed by atoms with Crippen LogP contribution in [0.3, 0.4) is 0 Å². The predicted octanol–water partition coefficient (Wildman–Crippen LogP) is 2.41. The van der Waals surface area contributed by atoms with Crippen LogP contribution in [0.4, 0.5) is 0 Å². The fourth-order valence-corrected chi connectivity index (χ4v) is 3.71. The van der Waals surface area contributed by atoms with Crippen LogP contribution in [0.25, 0.3) is 0 Å². The van der Waals surface area contributed by atoms with E-state index in [4.69, 9.17) is 0 Å². The Kier molecular flexibility index (Phi) is 5.43. The molecule has 0 saturated carbocycles. The molecule has 1 atom stereocenters. The van der Waals surface area contributed by atoms with Gasteiger partial charge >= 0.3 is 0 Å². The van der Waals surface area contributed by atoms with Crippen molar-refractivity contribution in [1.82, 2.24) is 10.2 Å². The molecule has 0 spiro atoms. The number of hydrogen-bond donors (Lipinski definition) is 2. The average Bonchev–Trinajstić information content (AvgIpc) is 3.10. The van der Waals surface area contributed by atoms with Gasteiger partial charge in [0.2, 0.25) is 5.91 Å². The summed E-state index contributed by atoms with van der Waals surface area (Å²) < 4.78 is 0. The highest BCUT2D eigenvalue weighted by Gasteiger charge is 2.22. The Balaban J connectivity index is 1.65. The quantitative estimate of drug-likeness (QED) is 0.885. The van der Waals surface area contributed by atoms with Gasteiger partial charge in [-0.25, -0.2) is 0 Å². The maximum atomic E-state index is 12.5. The third-order valence-corrected chi connectivity index (χ3v) is 5.13. The predicted molar refractivity (Wildman–Crippen MR) is 92.4 cm³/mol. The second kappa shape index (κ2) is 7.73. The summed E-state index contributed by atoms with van der Waals surface area (Å²) in [6.45, 7) is 1.95. The fraction of sp³-hybridized carbons (Fsp3) is 0.389. The summed E-state index contributed by atoms with van der Waals surface area (Å²) in [7, 11) is 0. The lowest BCUT2D eigenvalue weighted by atomic mass is 10.1. The van der Waals surface area contributed by atoms with Gasteiger partial charge in [-0.1, -0.05) is 36.4 Å². The zero-order valence-electron chi connectivity index (χ0n) is 13.0. The van der Waals surface area contributed by atoms with E-state index in [1.807, 2.05) is 41.8 Å². The van der Waals surface area contributed by atoms with E-state index in [9.17, 15) is 9.90 Å². The molecular weight excluding hydrogens is 308 g/mol. The lowest BCUT2D eigenvalue weighted by molar-refractivity contribution is -0.123. The van der Waals surface area contributed by atoms with Crippen LogP contribution in [0.15, 0.2) is 47.8 Å². The van der Waals surface area contributed by atoms with Gasteiger partial charge in [-0.05, 0) is 29.9 Å². The van der Waals surface area contributed by atoms with Gasteiger partial charge in [0.1, 0.15) is 0 Å². The number of amides is 1. The molecule has 0 radical (unpaired) electrons. The maximum Gasteiger partial charge on any atom is 0.234 e. The van der Waals surface area contributed by atoms with Crippen molar-refractivity contribution in [1.29, 1.82) is 0 Å². The maximum absolute atomic E-state index is 12.5. The second-order valence-corrected chi connectivity index (χ2v) is 6.91. The Morgan fingerprint density at radius 1 is 1.22 bits per heavy atom. The molecule has 1 aliphatic heterocycles. The van der Waals surface area contributed by atoms with Crippen molar-refractivity contribution >= 4 is 17.2 Å². The number of nitrogens with one attached hydrogen (secondary N) is 1. The van der Waals surface area contributed by atoms with Gasteiger partial charge in [0.05, 0.1) is 18.7 Å². The van der Waals surface area contributed by atoms with Gasteiger partial charge in [0.15, 0.2) is 0 Å². The Morgan fingerprint density at radius 2 is 1.96 bits per heavy atom. The Labute approximate surface area is 140 Å². The van der Waals surface area contributed by atoms with Gasteiger partial charge in [0, 0.05) is 18.0 Å². The van der Waals surface area contributed by atoms with E-state index in [1.54, 1.807) is 11.3 Å². The van der Waals surface area contributed by atoms with Crippen LogP contribution in [-0.2, 0) is 4.79 Å². The zero-order chi connectivity index (χ0) is 16.1. The number of carbonyl (C=O) groups is 1. The van der Waals surface area contributed by atoms with Crippen molar-refractivity contribution in [2.75, 3.05) is 19.6 Å². The number of rotatable bonds is 5. The minimum absolute atomic E-state index is 0.0312. The standard InChI is InChI=1S/C18H22N2O2S/c21-15-8-10-20(11-9-15)13-17(22)19-18(16-7-4-12-23-16)14-5-2-1-3-6-14/h1-7,12,15,18,21H,8-11,13H2,(H,19,22)/t18-/m0/s1. The number of hydrogen-bond acceptors (Lipinski definition) is 4. The number of aliphatic hydroxyl groups is 1. The first-order chi connectivity index (χ1) is 11.2. The molecule has 1 amide bonds. The number of likely N-dealkylation sites (tertiary alicyclic amines) is 1. The van der Waals surface area contributed by atoms with Crippen LogP contribution >= 0.6 is 11.3 Å². The smallest absolute Gasteiger partial charge is 0.234 e. The number of nitrogens with zero attached hydrogens (tertiary/aromatic N) is 1. The second-order valence-electron chi connectivity index (χ2n) is 5.93. The van der Waals surface area contributed by atoms with E-state index in [0.29, 0.717) is 6.54 Å². The van der Waals surface area contributed by atoms with Crippen molar-refractivity contribution in [3.8, 4) is 0 Å². The fourth-order valence-electron chi connectivity index (χ4n) is 2.91. The number of benzene rings is 1. The van der Waals surface area contributed by atoms with E-state index >= 15 is 0 Å². The average molecular weight is 330 g/mol. The first kappa shape index (κ1) is 16.2. The first-order valence-electron chi connectivity index (χ1n) is 8.00. The molecule has 2 heterocycles. The molecule has 1 aromatic heterocycles. The molecule has 1 aromatic carbocycles. The van der Waals surface area contributed by atoms with Crippen molar-refractivity contribution < 1.29 is 9.90 Å². The van der Waals surface area contributed by atoms with Gasteiger partial charge in [-0.15, -0.1) is 11.3 Å². The zero-order valence-corrected chi connectivity index (χ0v) is 13.8. The van der Waals surface area contributed by atoms with Gasteiger partial charge in [-0.2, -0.15) is 0 Å². The lowest BCUT2D eigenvalue weighted by Gasteiger charge is -2.29. The number of aliphatic hydroxyl groups excluding tert-OH is 1. The van der Waals surface area contributed by atoms with Crippen LogP contribution in [0, 0.1) is 0 Å². The Morgan fingerprint density at radius 3 is 2.61 bits per heavy atom. The molecule has 0 bridgehead atoms. The van der Waals surface area contributed by atoms with E-state index in [1.165, 1.54) is 0 Å². The number of carbonyl (C=O) groups excluding carboxylic acids is 1. The van der Waals surface area contributed by atoms with Crippen LogP contribution in [-0.4, -0.2) is 41.7 Å². The lowest BCUT2D eigenvalue weighted by Crippen LogP contribution is -2.43. The Bertz CT molecular complexity index is 607. The van der Waals surface area contributed by atoms with Crippen LogP contribution in [0.1, 0.15) is 29.3 Å². The van der Waals surface area contributed by atoms with Gasteiger partial charge < -0.3 is 10.4 Å². The first-order valence-corrected chi connectivity index (χ1v) is 8.88. The van der Waals surface area contributed by atoms with E-state index in [2.05, 4.69) is 16.3 Å². The molecule has 2 aromatic rings. The summed E-state index contributed by atoms with van der Waals surface area (Å²) >= 11 is 1.65. The highest BCUT2D eigenvalue weighted by molar-refractivity contribution is 7.10. The summed E-state index contributed by atoms with van der Waals surface area (Å²) in [4.78, 5) is 15.7. The van der Waals surface area contributed by atoms with Crippen LogP contribution in [0.5, 0.6) is 0 Å². The minimum Gasteiger partial charge on any atom is -0.393 e. The molecule has 1 aliphatic rings. The summed E-state index contributed by atoms with van der Waals surface area (Å²) in [6.07, 6.45) is 1.29. The summed E-state index contributed by atoms with van der Waals surface area (Å²) in [5, 5.41) is 14.7. The summed E-state index contributed by atoms with van der Waals surface area (Å²) in [6, 6.07) is 14.0. The minimum atomic E-state index is -0.211. The third kappa shape index (κ3) is 4.41. The van der Waals surface area contributed by atoms with Crippen molar-refractivity contribution in [3.05, 3.63) is 58.3 Å². The third-order valence-electron chi connectivity index (χ3n) is 4.19. The topological polar surface area (TPSA) is 52.6 Å². The SMILES string of the molecule is O=C(CN1CCC(O)CC1)N[C@@H](c1ccccc1)c1cccs1. The van der Waals surface area contributed by atoms with E-state index in [0.717, 1.165) is 36.4 Å². The monoisotopic (exact) mass is 330 g/mol. The molecule has 3 rings (SSSR count). The highest BCUT2D eigenvalue weighted by atomic mass is 32.1. The van der Waals surface area contributed by atoms with Gasteiger partial charge in [-0.3, -0.25) is 9.69 Å². The van der Waals surface area contributed by atoms with Crippen molar-refractivity contribution in [2.45, 2.75) is 25.0 Å². The molecule has 5 heteroatoms. The molecular formula is C18H22N2O2S. The van der Waals surface area contributed by atoms with Gasteiger partial charge in [0.25, 0.3) is 0 Å². The molecule has 2 N–H and O–H groups in total.